The Balaban J connectivity index is 2.66. The van der Waals surface area contributed by atoms with Crippen LogP contribution >= 0.6 is 7.80 Å². The number of carbonyl (C=O) groups excluding carboxylic acids is 1. The Hall–Kier alpha value is -1.79. The molecule has 0 saturated heterocycles. The van der Waals surface area contributed by atoms with E-state index in [1.54, 1.807) is 6.07 Å². The van der Waals surface area contributed by atoms with Gasteiger partial charge >= 0.3 is 7.80 Å². The molecule has 0 radical (unpaired) electrons. The summed E-state index contributed by atoms with van der Waals surface area (Å²) < 4.78 is 12.9. The molecule has 24 heavy (non-hydrogen) atoms. The first-order valence-corrected chi connectivity index (χ1v) is 9.50. The molecule has 0 N–H and O–H groups in total. The summed E-state index contributed by atoms with van der Waals surface area (Å²) in [4.78, 5) is 13.3. The van der Waals surface area contributed by atoms with Gasteiger partial charge in [-0.25, -0.2) is 0 Å². The number of benzene rings is 2. The van der Waals surface area contributed by atoms with E-state index in [2.05, 4.69) is 13.0 Å². The van der Waals surface area contributed by atoms with E-state index in [0.717, 1.165) is 22.3 Å². The van der Waals surface area contributed by atoms with Crippen molar-refractivity contribution in [2.45, 2.75) is 53.6 Å². The highest BCUT2D eigenvalue weighted by atomic mass is 31.1. The lowest BCUT2D eigenvalue weighted by atomic mass is 9.89. The molecule has 0 saturated carbocycles. The first-order valence-electron chi connectivity index (χ1n) is 8.24. The van der Waals surface area contributed by atoms with Crippen LogP contribution < -0.4 is 5.30 Å². The van der Waals surface area contributed by atoms with Crippen LogP contribution in [-0.4, -0.2) is 10.9 Å². The minimum Gasteiger partial charge on any atom is -0.288 e. The molecule has 0 fully saturated rings. The van der Waals surface area contributed by atoms with Crippen molar-refractivity contribution in [3.05, 3.63) is 63.7 Å². The summed E-state index contributed by atoms with van der Waals surface area (Å²) in [6, 6.07) is 9.37. The van der Waals surface area contributed by atoms with Crippen molar-refractivity contribution in [3.8, 4) is 0 Å². The third-order valence-corrected chi connectivity index (χ3v) is 6.61. The maximum absolute atomic E-state index is 13.3. The number of hydrogen-bond acceptors (Lipinski definition) is 2. The van der Waals surface area contributed by atoms with E-state index < -0.39 is 7.80 Å². The van der Waals surface area contributed by atoms with Gasteiger partial charge in [-0.2, -0.15) is 0 Å². The SMILES string of the molecule is Cc1cc(C)c(C(=O)c2ccccc2[P+](=O)C(C)(C)C)c(C)c1C. The zero-order valence-electron chi connectivity index (χ0n) is 15.7. The van der Waals surface area contributed by atoms with E-state index in [4.69, 9.17) is 0 Å². The molecule has 126 valence electrons. The minimum absolute atomic E-state index is 0.0312. The van der Waals surface area contributed by atoms with Crippen LogP contribution in [0, 0.1) is 27.7 Å². The molecule has 0 aromatic heterocycles. The van der Waals surface area contributed by atoms with Gasteiger partial charge in [0.2, 0.25) is 5.30 Å². The highest BCUT2D eigenvalue weighted by Gasteiger charge is 2.39. The Bertz CT molecular complexity index is 826. The maximum Gasteiger partial charge on any atom is 0.383 e. The predicted molar refractivity (Wildman–Crippen MR) is 102 cm³/mol. The second-order valence-electron chi connectivity index (χ2n) is 7.45. The van der Waals surface area contributed by atoms with Crippen LogP contribution in [0.2, 0.25) is 0 Å². The lowest BCUT2D eigenvalue weighted by molar-refractivity contribution is 0.103. The molecule has 0 aliphatic rings. The van der Waals surface area contributed by atoms with E-state index in [-0.39, 0.29) is 10.9 Å². The largest absolute Gasteiger partial charge is 0.383 e. The Morgan fingerprint density at radius 3 is 2.08 bits per heavy atom. The molecule has 1 atom stereocenters. The number of aryl methyl sites for hydroxylation is 2. The number of carbonyl (C=O) groups is 1. The van der Waals surface area contributed by atoms with E-state index in [1.165, 1.54) is 5.56 Å². The van der Waals surface area contributed by atoms with E-state index >= 15 is 0 Å². The Kier molecular flexibility index (Phi) is 5.11. The van der Waals surface area contributed by atoms with Crippen LogP contribution in [0.15, 0.2) is 30.3 Å². The predicted octanol–water partition coefficient (Wildman–Crippen LogP) is 5.40. The van der Waals surface area contributed by atoms with Crippen molar-refractivity contribution >= 4 is 18.9 Å². The van der Waals surface area contributed by atoms with Crippen LogP contribution in [0.3, 0.4) is 0 Å². The molecular formula is C21H26O2P+. The third kappa shape index (κ3) is 3.35. The van der Waals surface area contributed by atoms with E-state index in [9.17, 15) is 9.36 Å². The molecule has 2 aromatic rings. The molecule has 0 spiro atoms. The fourth-order valence-corrected chi connectivity index (χ4v) is 4.31. The van der Waals surface area contributed by atoms with Crippen molar-refractivity contribution < 1.29 is 9.36 Å². The van der Waals surface area contributed by atoms with Gasteiger partial charge in [-0.3, -0.25) is 4.79 Å². The van der Waals surface area contributed by atoms with Gasteiger partial charge in [0.05, 0.1) is 5.56 Å². The summed E-state index contributed by atoms with van der Waals surface area (Å²) in [5.74, 6) is -0.0312. The minimum atomic E-state index is -1.66. The molecule has 2 nitrogen and oxygen atoms in total. The molecule has 0 heterocycles. The van der Waals surface area contributed by atoms with Crippen molar-refractivity contribution in [2.75, 3.05) is 0 Å². The topological polar surface area (TPSA) is 34.1 Å². The first kappa shape index (κ1) is 18.5. The zero-order chi connectivity index (χ0) is 18.2. The lowest BCUT2D eigenvalue weighted by Gasteiger charge is -2.15. The summed E-state index contributed by atoms with van der Waals surface area (Å²) in [5, 5.41) is 0.279. The van der Waals surface area contributed by atoms with Gasteiger partial charge in [0.15, 0.2) is 10.9 Å². The fraction of sp³-hybridized carbons (Fsp3) is 0.381. The van der Waals surface area contributed by atoms with Gasteiger partial charge in [-0.15, -0.1) is 0 Å². The van der Waals surface area contributed by atoms with Crippen molar-refractivity contribution in [2.24, 2.45) is 0 Å². The molecule has 2 aromatic carbocycles. The second-order valence-corrected chi connectivity index (χ2v) is 9.86. The normalized spacial score (nSPS) is 12.2. The van der Waals surface area contributed by atoms with Crippen LogP contribution in [0.4, 0.5) is 0 Å². The first-order chi connectivity index (χ1) is 11.1. The molecule has 2 rings (SSSR count). The molecule has 3 heteroatoms. The summed E-state index contributed by atoms with van der Waals surface area (Å²) in [6.07, 6.45) is 0. The molecular weight excluding hydrogens is 315 g/mol. The van der Waals surface area contributed by atoms with E-state index in [1.807, 2.05) is 59.7 Å². The number of ketones is 1. The van der Waals surface area contributed by atoms with Gasteiger partial charge in [0.25, 0.3) is 0 Å². The quantitative estimate of drug-likeness (QED) is 0.553. The van der Waals surface area contributed by atoms with Crippen LogP contribution in [-0.2, 0) is 4.57 Å². The summed E-state index contributed by atoms with van der Waals surface area (Å²) in [7, 11) is -1.66. The molecule has 0 bridgehead atoms. The zero-order valence-corrected chi connectivity index (χ0v) is 16.5. The van der Waals surface area contributed by atoms with Crippen LogP contribution in [0.1, 0.15) is 58.9 Å². The average Bonchev–Trinajstić information content (AvgIpc) is 2.51. The Morgan fingerprint density at radius 1 is 0.917 bits per heavy atom. The summed E-state index contributed by atoms with van der Waals surface area (Å²) in [6.45, 7) is 13.9. The lowest BCUT2D eigenvalue weighted by Crippen LogP contribution is -2.21. The average molecular weight is 341 g/mol. The summed E-state index contributed by atoms with van der Waals surface area (Å²) in [5.41, 5.74) is 5.61. The van der Waals surface area contributed by atoms with Gasteiger partial charge < -0.3 is 0 Å². The Labute approximate surface area is 146 Å². The van der Waals surface area contributed by atoms with Gasteiger partial charge in [0.1, 0.15) is 0 Å². The van der Waals surface area contributed by atoms with Crippen LogP contribution in [0.25, 0.3) is 0 Å². The van der Waals surface area contributed by atoms with Crippen molar-refractivity contribution in [3.63, 3.8) is 0 Å². The highest BCUT2D eigenvalue weighted by molar-refractivity contribution is 7.55. The number of rotatable bonds is 3. The maximum atomic E-state index is 13.3. The molecule has 0 amide bonds. The van der Waals surface area contributed by atoms with Crippen molar-refractivity contribution in [1.29, 1.82) is 0 Å². The van der Waals surface area contributed by atoms with Gasteiger partial charge in [-0.05, 0) is 82.9 Å². The molecule has 0 aliphatic heterocycles. The Morgan fingerprint density at radius 2 is 1.50 bits per heavy atom. The molecule has 1 unspecified atom stereocenters. The fourth-order valence-electron chi connectivity index (χ4n) is 2.97. The van der Waals surface area contributed by atoms with E-state index in [0.29, 0.717) is 10.9 Å². The van der Waals surface area contributed by atoms with Crippen molar-refractivity contribution in [1.82, 2.24) is 0 Å². The monoisotopic (exact) mass is 341 g/mol. The van der Waals surface area contributed by atoms with Gasteiger partial charge in [0, 0.05) is 5.56 Å². The number of hydrogen-bond donors (Lipinski definition) is 0. The summed E-state index contributed by atoms with van der Waals surface area (Å²) >= 11 is 0. The second kappa shape index (κ2) is 6.61. The standard InChI is InChI=1S/C21H26O2P/c1-13-12-14(2)19(16(4)15(13)3)20(22)17-10-8-9-11-18(17)24(23)21(5,6)7/h8-12H,1-7H3/q+1. The third-order valence-electron chi connectivity index (χ3n) is 4.56. The van der Waals surface area contributed by atoms with Gasteiger partial charge in [-0.1, -0.05) is 22.8 Å². The smallest absolute Gasteiger partial charge is 0.288 e. The van der Waals surface area contributed by atoms with Crippen LogP contribution in [0.5, 0.6) is 0 Å². The molecule has 0 aliphatic carbocycles. The highest BCUT2D eigenvalue weighted by Crippen LogP contribution is 2.38.